The first-order chi connectivity index (χ1) is 9.60. The molecule has 1 aliphatic heterocycles. The molecule has 0 bridgehead atoms. The number of carbonyl (C=O) groups is 2. The van der Waals surface area contributed by atoms with E-state index in [1.54, 1.807) is 0 Å². The molecule has 0 aromatic rings. The van der Waals surface area contributed by atoms with Crippen molar-refractivity contribution >= 4 is 11.9 Å². The fourth-order valence-electron chi connectivity index (χ4n) is 3.22. The van der Waals surface area contributed by atoms with E-state index in [2.05, 4.69) is 0 Å². The van der Waals surface area contributed by atoms with E-state index in [1.165, 1.54) is 0 Å². The third kappa shape index (κ3) is 3.93. The van der Waals surface area contributed by atoms with Gasteiger partial charge in [-0.05, 0) is 38.1 Å². The van der Waals surface area contributed by atoms with Crippen LogP contribution in [0.5, 0.6) is 0 Å². The summed E-state index contributed by atoms with van der Waals surface area (Å²) in [5.74, 6) is 0.204. The van der Waals surface area contributed by atoms with Gasteiger partial charge in [0, 0.05) is 32.1 Å². The summed E-state index contributed by atoms with van der Waals surface area (Å²) >= 11 is 0. The second-order valence-electron chi connectivity index (χ2n) is 5.95. The van der Waals surface area contributed by atoms with Crippen molar-refractivity contribution in [3.8, 4) is 0 Å². The van der Waals surface area contributed by atoms with Gasteiger partial charge in [0.25, 0.3) is 0 Å². The Kier molecular flexibility index (Phi) is 5.37. The lowest BCUT2D eigenvalue weighted by Crippen LogP contribution is -2.51. The van der Waals surface area contributed by atoms with Crippen LogP contribution < -0.4 is 5.73 Å². The molecule has 1 aliphatic carbocycles. The number of rotatable bonds is 4. The minimum Gasteiger partial charge on any atom is -0.480 e. The van der Waals surface area contributed by atoms with Gasteiger partial charge in [0.05, 0.1) is 6.54 Å². The number of aliphatic carboxylic acids is 1. The molecule has 1 saturated heterocycles. The van der Waals surface area contributed by atoms with Crippen LogP contribution in [-0.4, -0.2) is 66.1 Å². The Labute approximate surface area is 119 Å². The van der Waals surface area contributed by atoms with E-state index in [9.17, 15) is 9.59 Å². The van der Waals surface area contributed by atoms with Crippen LogP contribution >= 0.6 is 0 Å². The first-order valence-electron chi connectivity index (χ1n) is 7.53. The van der Waals surface area contributed by atoms with E-state index in [0.717, 1.165) is 32.2 Å². The molecule has 2 rings (SSSR count). The van der Waals surface area contributed by atoms with E-state index < -0.39 is 5.97 Å². The average molecular weight is 283 g/mol. The van der Waals surface area contributed by atoms with E-state index >= 15 is 0 Å². The minimum absolute atomic E-state index is 0.0731. The smallest absolute Gasteiger partial charge is 0.317 e. The van der Waals surface area contributed by atoms with Crippen molar-refractivity contribution in [1.29, 1.82) is 0 Å². The molecule has 1 saturated carbocycles. The van der Waals surface area contributed by atoms with Crippen LogP contribution in [-0.2, 0) is 9.59 Å². The molecule has 6 nitrogen and oxygen atoms in total. The van der Waals surface area contributed by atoms with Crippen molar-refractivity contribution in [2.45, 2.75) is 25.7 Å². The average Bonchev–Trinajstić information content (AvgIpc) is 2.47. The molecular formula is C14H25N3O3. The van der Waals surface area contributed by atoms with Gasteiger partial charge in [-0.1, -0.05) is 0 Å². The van der Waals surface area contributed by atoms with Gasteiger partial charge in [0.2, 0.25) is 5.91 Å². The molecule has 1 heterocycles. The van der Waals surface area contributed by atoms with Crippen molar-refractivity contribution in [2.75, 3.05) is 39.3 Å². The molecular weight excluding hydrogens is 258 g/mol. The lowest BCUT2D eigenvalue weighted by Gasteiger charge is -2.37. The van der Waals surface area contributed by atoms with Crippen molar-refractivity contribution in [1.82, 2.24) is 9.80 Å². The normalized spacial score (nSPS) is 28.4. The molecule has 0 aromatic heterocycles. The quantitative estimate of drug-likeness (QED) is 0.757. The number of carboxylic acid groups (broad SMARTS) is 1. The SMILES string of the molecule is NCC1CCC(C(=O)N2CCN(CC(=O)O)CC2)CC1. The number of carboxylic acids is 1. The summed E-state index contributed by atoms with van der Waals surface area (Å²) in [6.07, 6.45) is 4.03. The van der Waals surface area contributed by atoms with Crippen molar-refractivity contribution in [3.63, 3.8) is 0 Å². The van der Waals surface area contributed by atoms with Crippen molar-refractivity contribution < 1.29 is 14.7 Å². The Bertz CT molecular complexity index is 346. The second kappa shape index (κ2) is 7.04. The molecule has 0 unspecified atom stereocenters. The second-order valence-corrected chi connectivity index (χ2v) is 5.95. The van der Waals surface area contributed by atoms with E-state index in [0.29, 0.717) is 32.1 Å². The zero-order valence-electron chi connectivity index (χ0n) is 12.0. The fraction of sp³-hybridized carbons (Fsp3) is 0.857. The predicted molar refractivity (Wildman–Crippen MR) is 75.2 cm³/mol. The standard InChI is InChI=1S/C14H25N3O3/c15-9-11-1-3-12(4-2-11)14(20)17-7-5-16(6-8-17)10-13(18)19/h11-12H,1-10,15H2,(H,18,19). The Hall–Kier alpha value is -1.14. The minimum atomic E-state index is -0.801. The molecule has 2 fully saturated rings. The maximum atomic E-state index is 12.4. The summed E-state index contributed by atoms with van der Waals surface area (Å²) in [6.45, 7) is 3.44. The van der Waals surface area contributed by atoms with E-state index in [1.807, 2.05) is 9.80 Å². The molecule has 1 amide bonds. The largest absolute Gasteiger partial charge is 0.480 e. The highest BCUT2D eigenvalue weighted by molar-refractivity contribution is 5.79. The van der Waals surface area contributed by atoms with Crippen LogP contribution in [0.4, 0.5) is 0 Å². The Morgan fingerprint density at radius 2 is 1.65 bits per heavy atom. The number of carbonyl (C=O) groups excluding carboxylic acids is 1. The van der Waals surface area contributed by atoms with Gasteiger partial charge in [-0.25, -0.2) is 0 Å². The summed E-state index contributed by atoms with van der Waals surface area (Å²) in [5.41, 5.74) is 5.67. The zero-order valence-corrected chi connectivity index (χ0v) is 12.0. The van der Waals surface area contributed by atoms with Crippen LogP contribution in [0.25, 0.3) is 0 Å². The molecule has 6 heteroatoms. The molecule has 20 heavy (non-hydrogen) atoms. The molecule has 0 atom stereocenters. The van der Waals surface area contributed by atoms with Crippen LogP contribution in [0.15, 0.2) is 0 Å². The Morgan fingerprint density at radius 1 is 1.05 bits per heavy atom. The van der Waals surface area contributed by atoms with Gasteiger partial charge in [-0.15, -0.1) is 0 Å². The van der Waals surface area contributed by atoms with Gasteiger partial charge in [0.1, 0.15) is 0 Å². The third-order valence-electron chi connectivity index (χ3n) is 4.57. The summed E-state index contributed by atoms with van der Waals surface area (Å²) in [7, 11) is 0. The highest BCUT2D eigenvalue weighted by Gasteiger charge is 2.30. The number of nitrogens with zero attached hydrogens (tertiary/aromatic N) is 2. The summed E-state index contributed by atoms with van der Waals surface area (Å²) in [5, 5.41) is 8.76. The van der Waals surface area contributed by atoms with Gasteiger partial charge in [-0.2, -0.15) is 0 Å². The molecule has 2 aliphatic rings. The van der Waals surface area contributed by atoms with Crippen molar-refractivity contribution in [2.24, 2.45) is 17.6 Å². The number of nitrogens with two attached hydrogens (primary N) is 1. The molecule has 0 spiro atoms. The number of amides is 1. The Morgan fingerprint density at radius 3 is 2.15 bits per heavy atom. The summed E-state index contributed by atoms with van der Waals surface area (Å²) in [6, 6.07) is 0. The van der Waals surface area contributed by atoms with E-state index in [4.69, 9.17) is 10.8 Å². The summed E-state index contributed by atoms with van der Waals surface area (Å²) < 4.78 is 0. The highest BCUT2D eigenvalue weighted by Crippen LogP contribution is 2.29. The van der Waals surface area contributed by atoms with Crippen molar-refractivity contribution in [3.05, 3.63) is 0 Å². The maximum absolute atomic E-state index is 12.4. The highest BCUT2D eigenvalue weighted by atomic mass is 16.4. The first kappa shape index (κ1) is 15.3. The third-order valence-corrected chi connectivity index (χ3v) is 4.57. The Balaban J connectivity index is 1.76. The predicted octanol–water partition coefficient (Wildman–Crippen LogP) is -0.0197. The number of hydrogen-bond acceptors (Lipinski definition) is 4. The van der Waals surface area contributed by atoms with Gasteiger partial charge in [-0.3, -0.25) is 14.5 Å². The maximum Gasteiger partial charge on any atom is 0.317 e. The topological polar surface area (TPSA) is 86.9 Å². The monoisotopic (exact) mass is 283 g/mol. The molecule has 0 radical (unpaired) electrons. The lowest BCUT2D eigenvalue weighted by molar-refractivity contribution is -0.141. The van der Waals surface area contributed by atoms with Crippen LogP contribution in [0.1, 0.15) is 25.7 Å². The fourth-order valence-corrected chi connectivity index (χ4v) is 3.22. The summed E-state index contributed by atoms with van der Waals surface area (Å²) in [4.78, 5) is 26.9. The zero-order chi connectivity index (χ0) is 14.5. The van der Waals surface area contributed by atoms with E-state index in [-0.39, 0.29) is 18.4 Å². The van der Waals surface area contributed by atoms with Gasteiger partial charge in [0.15, 0.2) is 0 Å². The number of piperazine rings is 1. The van der Waals surface area contributed by atoms with Gasteiger partial charge >= 0.3 is 5.97 Å². The lowest BCUT2D eigenvalue weighted by atomic mass is 9.81. The first-order valence-corrected chi connectivity index (χ1v) is 7.53. The molecule has 0 aromatic carbocycles. The van der Waals surface area contributed by atoms with Crippen LogP contribution in [0.2, 0.25) is 0 Å². The molecule has 3 N–H and O–H groups in total. The number of hydrogen-bond donors (Lipinski definition) is 2. The molecule has 114 valence electrons. The van der Waals surface area contributed by atoms with Gasteiger partial charge < -0.3 is 15.7 Å². The van der Waals surface area contributed by atoms with Crippen LogP contribution in [0, 0.1) is 11.8 Å². The van der Waals surface area contributed by atoms with Crippen LogP contribution in [0.3, 0.4) is 0 Å².